The summed E-state index contributed by atoms with van der Waals surface area (Å²) in [7, 11) is 1.92. The summed E-state index contributed by atoms with van der Waals surface area (Å²) in [6.45, 7) is 1.30. The van der Waals surface area contributed by atoms with Gasteiger partial charge in [0, 0.05) is 43.0 Å². The van der Waals surface area contributed by atoms with Crippen LogP contribution in [0.4, 0.5) is 0 Å². The average molecular weight is 500 g/mol. The van der Waals surface area contributed by atoms with Crippen molar-refractivity contribution in [3.63, 3.8) is 0 Å². The molecule has 2 aliphatic carbocycles. The summed E-state index contributed by atoms with van der Waals surface area (Å²) in [6, 6.07) is 8.16. The van der Waals surface area contributed by atoms with E-state index in [4.69, 9.17) is 0 Å². The second-order valence-corrected chi connectivity index (χ2v) is 11.5. The van der Waals surface area contributed by atoms with Gasteiger partial charge in [0.1, 0.15) is 0 Å². The Bertz CT molecular complexity index is 872. The molecule has 0 spiro atoms. The standard InChI is InChI=1S/C28H41N3O3S/c1-30(23-12-6-3-7-13-23)26(32)20-35-25-15-9-8-14-24(25)28(34)31-18-16-22(17-19-31)29-27(33)21-10-4-2-5-11-21/h8-9,14-15,21-23H,2-7,10-13,16-20H2,1H3,(H,29,33). The first-order valence-corrected chi connectivity index (χ1v) is 14.6. The van der Waals surface area contributed by atoms with Crippen molar-refractivity contribution in [1.29, 1.82) is 0 Å². The lowest BCUT2D eigenvalue weighted by molar-refractivity contribution is -0.129. The van der Waals surface area contributed by atoms with E-state index in [2.05, 4.69) is 5.32 Å². The highest BCUT2D eigenvalue weighted by atomic mass is 32.2. The maximum atomic E-state index is 13.4. The van der Waals surface area contributed by atoms with E-state index in [1.807, 2.05) is 41.1 Å². The molecule has 1 N–H and O–H groups in total. The van der Waals surface area contributed by atoms with Gasteiger partial charge in [-0.3, -0.25) is 14.4 Å². The minimum atomic E-state index is 0.0261. The zero-order valence-electron chi connectivity index (χ0n) is 21.2. The third-order valence-corrected chi connectivity index (χ3v) is 9.15. The van der Waals surface area contributed by atoms with Crippen molar-refractivity contribution in [3.8, 4) is 0 Å². The molecule has 3 aliphatic rings. The van der Waals surface area contributed by atoms with Gasteiger partial charge in [0.05, 0.1) is 11.3 Å². The number of hydrogen-bond donors (Lipinski definition) is 1. The number of rotatable bonds is 7. The van der Waals surface area contributed by atoms with Crippen molar-refractivity contribution in [2.24, 2.45) is 5.92 Å². The van der Waals surface area contributed by atoms with Gasteiger partial charge < -0.3 is 15.1 Å². The Morgan fingerprint density at radius 1 is 0.914 bits per heavy atom. The third-order valence-electron chi connectivity index (χ3n) is 8.09. The Labute approximate surface area is 214 Å². The second-order valence-electron chi connectivity index (χ2n) is 10.5. The van der Waals surface area contributed by atoms with Crippen molar-refractivity contribution >= 4 is 29.5 Å². The molecule has 2 saturated carbocycles. The van der Waals surface area contributed by atoms with Crippen LogP contribution in [0.3, 0.4) is 0 Å². The molecule has 1 aromatic carbocycles. The maximum Gasteiger partial charge on any atom is 0.254 e. The van der Waals surface area contributed by atoms with Gasteiger partial charge in [0.2, 0.25) is 11.8 Å². The van der Waals surface area contributed by atoms with Crippen LogP contribution in [-0.4, -0.2) is 65.5 Å². The van der Waals surface area contributed by atoms with Crippen LogP contribution in [0.1, 0.15) is 87.4 Å². The van der Waals surface area contributed by atoms with Crippen LogP contribution in [0.25, 0.3) is 0 Å². The van der Waals surface area contributed by atoms with Gasteiger partial charge in [0.25, 0.3) is 5.91 Å². The lowest BCUT2D eigenvalue weighted by Gasteiger charge is -2.34. The van der Waals surface area contributed by atoms with E-state index in [0.717, 1.165) is 56.3 Å². The topological polar surface area (TPSA) is 69.7 Å². The van der Waals surface area contributed by atoms with Crippen molar-refractivity contribution < 1.29 is 14.4 Å². The highest BCUT2D eigenvalue weighted by molar-refractivity contribution is 8.00. The van der Waals surface area contributed by atoms with Crippen molar-refractivity contribution in [1.82, 2.24) is 15.1 Å². The second kappa shape index (κ2) is 12.8. The first-order valence-electron chi connectivity index (χ1n) is 13.6. The molecule has 35 heavy (non-hydrogen) atoms. The zero-order valence-corrected chi connectivity index (χ0v) is 22.0. The summed E-state index contributed by atoms with van der Waals surface area (Å²) in [4.78, 5) is 43.5. The fourth-order valence-corrected chi connectivity index (χ4v) is 6.73. The molecular weight excluding hydrogens is 458 g/mol. The van der Waals surface area contributed by atoms with Crippen LogP contribution in [0.5, 0.6) is 0 Å². The molecule has 1 aliphatic heterocycles. The number of nitrogens with zero attached hydrogens (tertiary/aromatic N) is 2. The van der Waals surface area contributed by atoms with Crippen LogP contribution in [0.2, 0.25) is 0 Å². The van der Waals surface area contributed by atoms with Gasteiger partial charge in [-0.05, 0) is 50.7 Å². The predicted molar refractivity (Wildman–Crippen MR) is 140 cm³/mol. The van der Waals surface area contributed by atoms with E-state index in [1.54, 1.807) is 0 Å². The quantitative estimate of drug-likeness (QED) is 0.544. The van der Waals surface area contributed by atoms with Crippen LogP contribution in [0.15, 0.2) is 29.2 Å². The minimum Gasteiger partial charge on any atom is -0.353 e. The fraction of sp³-hybridized carbons (Fsp3) is 0.679. The molecule has 192 valence electrons. The van der Waals surface area contributed by atoms with E-state index in [9.17, 15) is 14.4 Å². The summed E-state index contributed by atoms with van der Waals surface area (Å²) < 4.78 is 0. The average Bonchev–Trinajstić information content (AvgIpc) is 2.92. The smallest absolute Gasteiger partial charge is 0.254 e. The fourth-order valence-electron chi connectivity index (χ4n) is 5.76. The molecule has 1 saturated heterocycles. The summed E-state index contributed by atoms with van der Waals surface area (Å²) in [6.07, 6.45) is 13.0. The number of carbonyl (C=O) groups excluding carboxylic acids is 3. The lowest BCUT2D eigenvalue weighted by Crippen LogP contribution is -2.48. The molecule has 0 radical (unpaired) electrons. The van der Waals surface area contributed by atoms with Gasteiger partial charge in [0.15, 0.2) is 0 Å². The molecule has 0 atom stereocenters. The Hall–Kier alpha value is -2.02. The highest BCUT2D eigenvalue weighted by Crippen LogP contribution is 2.28. The number of likely N-dealkylation sites (tertiary alicyclic amines) is 1. The highest BCUT2D eigenvalue weighted by Gasteiger charge is 2.29. The van der Waals surface area contributed by atoms with Crippen molar-refractivity contribution in [2.45, 2.75) is 94.0 Å². The van der Waals surface area contributed by atoms with Crippen LogP contribution >= 0.6 is 11.8 Å². The molecule has 7 heteroatoms. The summed E-state index contributed by atoms with van der Waals surface area (Å²) >= 11 is 1.47. The number of carbonyl (C=O) groups is 3. The summed E-state index contributed by atoms with van der Waals surface area (Å²) in [5.41, 5.74) is 0.676. The monoisotopic (exact) mass is 499 g/mol. The molecular formula is C28H41N3O3S. The van der Waals surface area contributed by atoms with Crippen LogP contribution in [0, 0.1) is 5.92 Å². The summed E-state index contributed by atoms with van der Waals surface area (Å²) in [5, 5.41) is 3.25. The van der Waals surface area contributed by atoms with Gasteiger partial charge in [-0.2, -0.15) is 0 Å². The number of benzene rings is 1. The van der Waals surface area contributed by atoms with Gasteiger partial charge in [-0.25, -0.2) is 0 Å². The molecule has 1 heterocycles. The van der Waals surface area contributed by atoms with Crippen LogP contribution in [-0.2, 0) is 9.59 Å². The minimum absolute atomic E-state index is 0.0261. The number of nitrogens with one attached hydrogen (secondary N) is 1. The Balaban J connectivity index is 1.27. The Kier molecular flexibility index (Phi) is 9.52. The number of piperidine rings is 1. The molecule has 4 rings (SSSR count). The number of thioether (sulfide) groups is 1. The van der Waals surface area contributed by atoms with Crippen LogP contribution < -0.4 is 5.32 Å². The van der Waals surface area contributed by atoms with E-state index < -0.39 is 0 Å². The molecule has 0 aromatic heterocycles. The van der Waals surface area contributed by atoms with E-state index in [0.29, 0.717) is 30.4 Å². The van der Waals surface area contributed by atoms with Gasteiger partial charge in [-0.1, -0.05) is 50.7 Å². The Morgan fingerprint density at radius 3 is 2.23 bits per heavy atom. The molecule has 0 bridgehead atoms. The SMILES string of the molecule is CN(C(=O)CSc1ccccc1C(=O)N1CCC(NC(=O)C2CCCCC2)CC1)C1CCCCC1. The lowest BCUT2D eigenvalue weighted by atomic mass is 9.88. The summed E-state index contributed by atoms with van der Waals surface area (Å²) in [5.74, 6) is 0.898. The number of hydrogen-bond acceptors (Lipinski definition) is 4. The van der Waals surface area contributed by atoms with Crippen molar-refractivity contribution in [2.75, 3.05) is 25.9 Å². The molecule has 3 amide bonds. The predicted octanol–water partition coefficient (Wildman–Crippen LogP) is 4.87. The molecule has 1 aromatic rings. The normalized spacial score (nSPS) is 20.4. The number of amides is 3. The Morgan fingerprint density at radius 2 is 1.54 bits per heavy atom. The molecule has 3 fully saturated rings. The van der Waals surface area contributed by atoms with Crippen molar-refractivity contribution in [3.05, 3.63) is 29.8 Å². The molecule has 0 unspecified atom stereocenters. The molecule has 6 nitrogen and oxygen atoms in total. The van der Waals surface area contributed by atoms with Gasteiger partial charge in [-0.15, -0.1) is 11.8 Å². The third kappa shape index (κ3) is 7.02. The largest absolute Gasteiger partial charge is 0.353 e. The first-order chi connectivity index (χ1) is 17.0. The first kappa shape index (κ1) is 26.1. The van der Waals surface area contributed by atoms with E-state index in [-0.39, 0.29) is 29.7 Å². The zero-order chi connectivity index (χ0) is 24.6. The van der Waals surface area contributed by atoms with E-state index >= 15 is 0 Å². The maximum absolute atomic E-state index is 13.4. The van der Waals surface area contributed by atoms with E-state index in [1.165, 1.54) is 37.4 Å². The van der Waals surface area contributed by atoms with Gasteiger partial charge >= 0.3 is 0 Å².